The van der Waals surface area contributed by atoms with Gasteiger partial charge in [-0.1, -0.05) is 32.9 Å². The molecule has 1 N–H and O–H groups in total. The van der Waals surface area contributed by atoms with Crippen LogP contribution in [0.3, 0.4) is 0 Å². The summed E-state index contributed by atoms with van der Waals surface area (Å²) in [7, 11) is 0. The molecular formula is C23H27N3O4. The number of rotatable bonds is 7. The summed E-state index contributed by atoms with van der Waals surface area (Å²) >= 11 is 0. The number of ether oxygens (including phenoxy) is 1. The van der Waals surface area contributed by atoms with Gasteiger partial charge in [-0.25, -0.2) is 4.98 Å². The summed E-state index contributed by atoms with van der Waals surface area (Å²) in [5, 5.41) is 14.5. The number of non-ortho nitro benzene ring substituents is 1. The molecule has 0 aliphatic carbocycles. The number of nitro groups is 1. The fraction of sp³-hybridized carbons (Fsp3) is 0.348. The fourth-order valence-corrected chi connectivity index (χ4v) is 3.15. The Morgan fingerprint density at radius 2 is 1.90 bits per heavy atom. The van der Waals surface area contributed by atoms with Crippen LogP contribution in [0, 0.1) is 22.5 Å². The van der Waals surface area contributed by atoms with Crippen molar-refractivity contribution in [2.24, 2.45) is 5.41 Å². The van der Waals surface area contributed by atoms with E-state index in [1.54, 1.807) is 12.1 Å². The first-order valence-corrected chi connectivity index (χ1v) is 9.90. The molecular weight excluding hydrogens is 382 g/mol. The molecule has 0 unspecified atom stereocenters. The topological polar surface area (TPSA) is 90.4 Å². The van der Waals surface area contributed by atoms with Crippen LogP contribution in [-0.2, 0) is 0 Å². The first kappa shape index (κ1) is 21.4. The van der Waals surface area contributed by atoms with Crippen molar-refractivity contribution in [1.29, 1.82) is 0 Å². The zero-order valence-corrected chi connectivity index (χ0v) is 17.9. The van der Waals surface area contributed by atoms with Crippen LogP contribution in [-0.4, -0.2) is 16.5 Å². The predicted octanol–water partition coefficient (Wildman–Crippen LogP) is 6.16. The molecule has 0 saturated heterocycles. The van der Waals surface area contributed by atoms with Crippen molar-refractivity contribution >= 4 is 11.4 Å². The Morgan fingerprint density at radius 3 is 2.47 bits per heavy atom. The second kappa shape index (κ2) is 8.57. The van der Waals surface area contributed by atoms with Gasteiger partial charge in [0.2, 0.25) is 5.89 Å². The Bertz CT molecular complexity index is 1020. The lowest BCUT2D eigenvalue weighted by Crippen LogP contribution is -2.26. The summed E-state index contributed by atoms with van der Waals surface area (Å²) in [4.78, 5) is 15.3. The minimum absolute atomic E-state index is 0.0223. The van der Waals surface area contributed by atoms with Gasteiger partial charge in [0.1, 0.15) is 6.04 Å². The molecule has 0 saturated carbocycles. The first-order valence-electron chi connectivity index (χ1n) is 9.90. The molecule has 7 heteroatoms. The summed E-state index contributed by atoms with van der Waals surface area (Å²) in [5.74, 6) is 0.808. The third-order valence-corrected chi connectivity index (χ3v) is 4.68. The lowest BCUT2D eigenvalue weighted by molar-refractivity contribution is -0.384. The van der Waals surface area contributed by atoms with Gasteiger partial charge >= 0.3 is 5.95 Å². The van der Waals surface area contributed by atoms with Gasteiger partial charge in [0.05, 0.1) is 11.5 Å². The van der Waals surface area contributed by atoms with Crippen LogP contribution in [0.4, 0.5) is 11.4 Å². The van der Waals surface area contributed by atoms with Crippen LogP contribution in [0.5, 0.6) is 5.95 Å². The maximum absolute atomic E-state index is 11.0. The smallest absolute Gasteiger partial charge is 0.313 e. The van der Waals surface area contributed by atoms with Crippen molar-refractivity contribution in [2.45, 2.75) is 40.7 Å². The number of aromatic nitrogens is 1. The molecule has 1 heterocycles. The number of hydrogen-bond acceptors (Lipinski definition) is 6. The van der Waals surface area contributed by atoms with Crippen LogP contribution >= 0.6 is 0 Å². The number of nitrogens with zero attached hydrogens (tertiary/aromatic N) is 2. The highest BCUT2D eigenvalue weighted by atomic mass is 16.6. The quantitative estimate of drug-likeness (QED) is 0.371. The predicted molar refractivity (Wildman–Crippen MR) is 117 cm³/mol. The van der Waals surface area contributed by atoms with Gasteiger partial charge in [0.25, 0.3) is 5.69 Å². The first-order chi connectivity index (χ1) is 14.2. The van der Waals surface area contributed by atoms with Gasteiger partial charge in [-0.15, -0.1) is 0 Å². The van der Waals surface area contributed by atoms with Crippen LogP contribution < -0.4 is 10.1 Å². The highest BCUT2D eigenvalue weighted by molar-refractivity contribution is 5.65. The van der Waals surface area contributed by atoms with E-state index >= 15 is 0 Å². The Hall–Kier alpha value is -3.35. The standard InChI is InChI=1S/C23H27N3O4/c1-6-29-22-19(16-10-12-18(13-11-16)26(27)28)25-21(30-22)20(23(3,4)5)24-17-9-7-8-15(2)14-17/h7-14,20,24H,6H2,1-5H3/t20-/m0/s1. The molecule has 0 spiro atoms. The summed E-state index contributed by atoms with van der Waals surface area (Å²) in [6, 6.07) is 14.1. The Kier molecular flexibility index (Phi) is 6.10. The number of anilines is 1. The van der Waals surface area contributed by atoms with Gasteiger partial charge in [0.15, 0.2) is 5.69 Å². The SMILES string of the molecule is CCOc1oc([C@H](Nc2cccc(C)c2)C(C)(C)C)nc1-c1ccc([N+](=O)[O-])cc1. The average molecular weight is 409 g/mol. The average Bonchev–Trinajstić information content (AvgIpc) is 3.09. The molecule has 1 atom stereocenters. The largest absolute Gasteiger partial charge is 0.464 e. The molecule has 0 radical (unpaired) electrons. The fourth-order valence-electron chi connectivity index (χ4n) is 3.15. The van der Waals surface area contributed by atoms with E-state index in [1.807, 2.05) is 32.0 Å². The van der Waals surface area contributed by atoms with E-state index in [4.69, 9.17) is 14.1 Å². The molecule has 1 aromatic heterocycles. The molecule has 7 nitrogen and oxygen atoms in total. The van der Waals surface area contributed by atoms with Gasteiger partial charge < -0.3 is 14.5 Å². The van der Waals surface area contributed by atoms with Crippen molar-refractivity contribution in [3.05, 3.63) is 70.1 Å². The molecule has 0 amide bonds. The van der Waals surface area contributed by atoms with E-state index < -0.39 is 4.92 Å². The monoisotopic (exact) mass is 409 g/mol. The Labute approximate surface area is 176 Å². The molecule has 0 fully saturated rings. The van der Waals surface area contributed by atoms with E-state index in [9.17, 15) is 10.1 Å². The molecule has 3 aromatic rings. The van der Waals surface area contributed by atoms with E-state index in [0.717, 1.165) is 11.3 Å². The normalized spacial score (nSPS) is 12.4. The second-order valence-electron chi connectivity index (χ2n) is 8.24. The van der Waals surface area contributed by atoms with E-state index in [0.29, 0.717) is 29.7 Å². The maximum atomic E-state index is 11.0. The van der Waals surface area contributed by atoms with Crippen LogP contribution in [0.25, 0.3) is 11.3 Å². The van der Waals surface area contributed by atoms with Gasteiger partial charge in [-0.2, -0.15) is 0 Å². The number of oxazole rings is 1. The van der Waals surface area contributed by atoms with Gasteiger partial charge in [-0.3, -0.25) is 10.1 Å². The van der Waals surface area contributed by atoms with E-state index in [2.05, 4.69) is 32.2 Å². The third kappa shape index (κ3) is 4.79. The molecule has 30 heavy (non-hydrogen) atoms. The number of nitrogens with one attached hydrogen (secondary N) is 1. The summed E-state index contributed by atoms with van der Waals surface area (Å²) in [5.41, 5.74) is 3.17. The van der Waals surface area contributed by atoms with E-state index in [-0.39, 0.29) is 17.1 Å². The van der Waals surface area contributed by atoms with Crippen LogP contribution in [0.2, 0.25) is 0 Å². The minimum Gasteiger partial charge on any atom is -0.464 e. The Balaban J connectivity index is 2.02. The third-order valence-electron chi connectivity index (χ3n) is 4.68. The van der Waals surface area contributed by atoms with Crippen LogP contribution in [0.15, 0.2) is 52.9 Å². The molecule has 0 aliphatic rings. The highest BCUT2D eigenvalue weighted by Gasteiger charge is 2.32. The summed E-state index contributed by atoms with van der Waals surface area (Å²) in [6.45, 7) is 10.7. The zero-order chi connectivity index (χ0) is 21.9. The van der Waals surface area contributed by atoms with Crippen molar-refractivity contribution in [2.75, 3.05) is 11.9 Å². The second-order valence-corrected chi connectivity index (χ2v) is 8.24. The van der Waals surface area contributed by atoms with Crippen molar-refractivity contribution in [3.63, 3.8) is 0 Å². The van der Waals surface area contributed by atoms with Crippen molar-refractivity contribution in [3.8, 4) is 17.2 Å². The number of nitro benzene ring substituents is 1. The number of hydrogen-bond donors (Lipinski definition) is 1. The highest BCUT2D eigenvalue weighted by Crippen LogP contribution is 2.40. The van der Waals surface area contributed by atoms with Crippen molar-refractivity contribution in [1.82, 2.24) is 4.98 Å². The number of benzene rings is 2. The lowest BCUT2D eigenvalue weighted by Gasteiger charge is -2.29. The molecule has 158 valence electrons. The van der Waals surface area contributed by atoms with E-state index in [1.165, 1.54) is 12.1 Å². The molecule has 0 aliphatic heterocycles. The minimum atomic E-state index is -0.428. The molecule has 0 bridgehead atoms. The number of aryl methyl sites for hydroxylation is 1. The maximum Gasteiger partial charge on any atom is 0.313 e. The lowest BCUT2D eigenvalue weighted by atomic mass is 9.86. The summed E-state index contributed by atoms with van der Waals surface area (Å²) < 4.78 is 11.7. The van der Waals surface area contributed by atoms with Crippen LogP contribution in [0.1, 0.15) is 45.2 Å². The Morgan fingerprint density at radius 1 is 1.20 bits per heavy atom. The molecule has 3 rings (SSSR count). The van der Waals surface area contributed by atoms with Gasteiger partial charge in [0, 0.05) is 23.4 Å². The summed E-state index contributed by atoms with van der Waals surface area (Å²) in [6.07, 6.45) is 0. The van der Waals surface area contributed by atoms with Crippen molar-refractivity contribution < 1.29 is 14.1 Å². The zero-order valence-electron chi connectivity index (χ0n) is 17.9. The molecule has 2 aromatic carbocycles. The van der Waals surface area contributed by atoms with Gasteiger partial charge in [-0.05, 0) is 49.1 Å².